The number of ketones is 1. The number of rotatable bonds is 8. The zero-order chi connectivity index (χ0) is 29.8. The summed E-state index contributed by atoms with van der Waals surface area (Å²) in [4.78, 5) is 31.0. The van der Waals surface area contributed by atoms with Gasteiger partial charge in [0.25, 0.3) is 0 Å². The van der Waals surface area contributed by atoms with Crippen molar-refractivity contribution < 1.29 is 37.0 Å². The molecule has 3 aliphatic rings. The van der Waals surface area contributed by atoms with Gasteiger partial charge in [0.05, 0.1) is 28.5 Å². The zero-order valence-corrected chi connectivity index (χ0v) is 23.3. The number of halogens is 4. The summed E-state index contributed by atoms with van der Waals surface area (Å²) in [5, 5.41) is 9.88. The SMILES string of the molecule is NC(=C(CO[C@H]1CCC2CN(c3nc4c(F)cc(C(=O)O)cc4s3)C[C@@H]2C1)C(=O)C1CC1)c1ccccc1C(F)(F)F. The van der Waals surface area contributed by atoms with Crippen molar-refractivity contribution in [1.29, 1.82) is 0 Å². The molecule has 2 saturated carbocycles. The molecule has 2 aliphatic carbocycles. The first-order chi connectivity index (χ1) is 20.0. The standard InChI is InChI=1S/C30H29F4N3O4S/c31-23-10-17(28(39)40)11-24-26(23)36-29(42-24)37-12-16-7-8-19(9-18(16)13-37)41-14-21(27(38)15-5-6-15)25(35)20-3-1-2-4-22(20)30(32,33)34/h1-4,10-11,15-16,18-19H,5-9,12-14,35H2,(H,39,40)/t16?,18-,19-/m0/s1. The van der Waals surface area contributed by atoms with Crippen LogP contribution in [0.4, 0.5) is 22.7 Å². The Hall–Kier alpha value is -3.51. The molecule has 3 aromatic rings. The second-order valence-corrected chi connectivity index (χ2v) is 12.4. The normalized spacial score (nSPS) is 23.1. The number of ether oxygens (including phenoxy) is 1. The van der Waals surface area contributed by atoms with Gasteiger partial charge in [-0.1, -0.05) is 29.5 Å². The summed E-state index contributed by atoms with van der Waals surface area (Å²) in [6, 6.07) is 7.41. The lowest BCUT2D eigenvalue weighted by Crippen LogP contribution is -2.30. The molecule has 1 saturated heterocycles. The number of benzene rings is 2. The number of carbonyl (C=O) groups is 2. The second-order valence-electron chi connectivity index (χ2n) is 11.4. The van der Waals surface area contributed by atoms with Crippen LogP contribution in [0.15, 0.2) is 42.0 Å². The van der Waals surface area contributed by atoms with Gasteiger partial charge in [0.2, 0.25) is 0 Å². The van der Waals surface area contributed by atoms with Gasteiger partial charge in [-0.25, -0.2) is 14.2 Å². The Kier molecular flexibility index (Phi) is 7.46. The second kappa shape index (κ2) is 11.0. The molecule has 2 heterocycles. The Morgan fingerprint density at radius 2 is 1.83 bits per heavy atom. The molecule has 0 bridgehead atoms. The number of hydrogen-bond donors (Lipinski definition) is 2. The van der Waals surface area contributed by atoms with Crippen molar-refractivity contribution in [3.63, 3.8) is 0 Å². The van der Waals surface area contributed by atoms with Gasteiger partial charge >= 0.3 is 12.1 Å². The summed E-state index contributed by atoms with van der Waals surface area (Å²) in [5.74, 6) is -1.73. The van der Waals surface area contributed by atoms with E-state index in [0.29, 0.717) is 41.6 Å². The number of aromatic nitrogens is 1. The van der Waals surface area contributed by atoms with E-state index < -0.39 is 23.5 Å². The number of thiazole rings is 1. The number of aromatic carboxylic acids is 1. The number of alkyl halides is 3. The Balaban J connectivity index is 1.16. The average molecular weight is 604 g/mol. The predicted molar refractivity (Wildman–Crippen MR) is 150 cm³/mol. The monoisotopic (exact) mass is 603 g/mol. The van der Waals surface area contributed by atoms with E-state index in [1.807, 2.05) is 0 Å². The summed E-state index contributed by atoms with van der Waals surface area (Å²) in [6.45, 7) is 1.25. The fourth-order valence-corrected chi connectivity index (χ4v) is 7.17. The third kappa shape index (κ3) is 5.61. The molecule has 1 unspecified atom stereocenters. The van der Waals surface area contributed by atoms with Crippen LogP contribution in [0.3, 0.4) is 0 Å². The van der Waals surface area contributed by atoms with Crippen LogP contribution in [-0.2, 0) is 15.7 Å². The van der Waals surface area contributed by atoms with E-state index in [4.69, 9.17) is 10.5 Å². The average Bonchev–Trinajstić information content (AvgIpc) is 3.57. The van der Waals surface area contributed by atoms with Crippen molar-refractivity contribution in [2.45, 2.75) is 44.4 Å². The molecule has 3 fully saturated rings. The Labute approximate surface area is 243 Å². The van der Waals surface area contributed by atoms with Crippen molar-refractivity contribution in [3.05, 3.63) is 64.5 Å². The van der Waals surface area contributed by atoms with Crippen LogP contribution in [0.1, 0.15) is 53.6 Å². The first-order valence-corrected chi connectivity index (χ1v) is 14.7. The first-order valence-electron chi connectivity index (χ1n) is 13.9. The molecule has 0 radical (unpaired) electrons. The maximum absolute atomic E-state index is 14.5. The molecule has 0 amide bonds. The predicted octanol–water partition coefficient (Wildman–Crippen LogP) is 6.12. The molecular weight excluding hydrogens is 574 g/mol. The zero-order valence-electron chi connectivity index (χ0n) is 22.5. The number of hydrogen-bond acceptors (Lipinski definition) is 7. The van der Waals surface area contributed by atoms with Crippen LogP contribution in [0.5, 0.6) is 0 Å². The molecule has 1 aromatic heterocycles. The van der Waals surface area contributed by atoms with E-state index in [1.54, 1.807) is 0 Å². The van der Waals surface area contributed by atoms with Gasteiger partial charge in [0.15, 0.2) is 16.7 Å². The number of carbonyl (C=O) groups excluding carboxylic acids is 1. The van der Waals surface area contributed by atoms with Crippen molar-refractivity contribution in [2.75, 3.05) is 24.6 Å². The van der Waals surface area contributed by atoms with Crippen LogP contribution >= 0.6 is 11.3 Å². The van der Waals surface area contributed by atoms with Gasteiger partial charge in [0, 0.05) is 35.8 Å². The molecule has 42 heavy (non-hydrogen) atoms. The summed E-state index contributed by atoms with van der Waals surface area (Å²) in [7, 11) is 0. The number of fused-ring (bicyclic) bond motifs is 2. The topological polar surface area (TPSA) is 106 Å². The van der Waals surface area contributed by atoms with Crippen LogP contribution < -0.4 is 10.6 Å². The number of carboxylic acids is 1. The van der Waals surface area contributed by atoms with Gasteiger partial charge in [0.1, 0.15) is 5.52 Å². The molecule has 6 rings (SSSR count). The summed E-state index contributed by atoms with van der Waals surface area (Å²) in [6.07, 6.45) is -1.14. The van der Waals surface area contributed by atoms with E-state index in [9.17, 15) is 32.3 Å². The van der Waals surface area contributed by atoms with Crippen molar-refractivity contribution in [3.8, 4) is 0 Å². The number of nitrogens with zero attached hydrogens (tertiary/aromatic N) is 2. The minimum absolute atomic E-state index is 0.0987. The smallest absolute Gasteiger partial charge is 0.417 e. The highest BCUT2D eigenvalue weighted by molar-refractivity contribution is 7.22. The van der Waals surface area contributed by atoms with Gasteiger partial charge < -0.3 is 20.5 Å². The van der Waals surface area contributed by atoms with E-state index >= 15 is 0 Å². The van der Waals surface area contributed by atoms with Crippen LogP contribution in [0, 0.1) is 23.6 Å². The summed E-state index contributed by atoms with van der Waals surface area (Å²) in [5.41, 5.74) is 5.11. The quantitative estimate of drug-likeness (QED) is 0.236. The van der Waals surface area contributed by atoms with Crippen LogP contribution in [-0.4, -0.2) is 47.6 Å². The summed E-state index contributed by atoms with van der Waals surface area (Å²) >= 11 is 1.26. The van der Waals surface area contributed by atoms with Gasteiger partial charge in [-0.3, -0.25) is 4.79 Å². The molecule has 12 heteroatoms. The highest BCUT2D eigenvalue weighted by Crippen LogP contribution is 2.42. The molecule has 1 aliphatic heterocycles. The molecular formula is C30H29F4N3O4S. The lowest BCUT2D eigenvalue weighted by molar-refractivity contribution is -0.137. The van der Waals surface area contributed by atoms with E-state index in [1.165, 1.54) is 35.6 Å². The third-order valence-corrected chi connectivity index (χ3v) is 9.58. The van der Waals surface area contributed by atoms with Crippen molar-refractivity contribution in [2.24, 2.45) is 23.5 Å². The minimum atomic E-state index is -4.61. The summed E-state index contributed by atoms with van der Waals surface area (Å²) < 4.78 is 62.2. The highest BCUT2D eigenvalue weighted by Gasteiger charge is 2.40. The lowest BCUT2D eigenvalue weighted by Gasteiger charge is -2.31. The van der Waals surface area contributed by atoms with Gasteiger partial charge in [-0.05, 0) is 62.1 Å². The van der Waals surface area contributed by atoms with E-state index in [-0.39, 0.29) is 58.2 Å². The number of nitrogens with two attached hydrogens (primary N) is 1. The highest BCUT2D eigenvalue weighted by atomic mass is 32.1. The number of anilines is 1. The Morgan fingerprint density at radius 3 is 2.55 bits per heavy atom. The lowest BCUT2D eigenvalue weighted by atomic mass is 9.80. The van der Waals surface area contributed by atoms with E-state index in [0.717, 1.165) is 31.5 Å². The van der Waals surface area contributed by atoms with Crippen molar-refractivity contribution >= 4 is 44.1 Å². The largest absolute Gasteiger partial charge is 0.478 e. The molecule has 7 nitrogen and oxygen atoms in total. The van der Waals surface area contributed by atoms with Crippen LogP contribution in [0.2, 0.25) is 0 Å². The maximum Gasteiger partial charge on any atom is 0.417 e. The fourth-order valence-electron chi connectivity index (χ4n) is 6.13. The molecule has 0 spiro atoms. The molecule has 222 valence electrons. The Bertz CT molecular complexity index is 1580. The molecule has 3 atom stereocenters. The molecule has 3 N–H and O–H groups in total. The first kappa shape index (κ1) is 28.6. The van der Waals surface area contributed by atoms with Gasteiger partial charge in [-0.15, -0.1) is 0 Å². The number of Topliss-reactive ketones (excluding diaryl/α,β-unsaturated/α-hetero) is 1. The number of carboxylic acid groups (broad SMARTS) is 1. The Morgan fingerprint density at radius 1 is 1.10 bits per heavy atom. The molecule has 2 aromatic carbocycles. The maximum atomic E-state index is 14.5. The van der Waals surface area contributed by atoms with Crippen molar-refractivity contribution in [1.82, 2.24) is 4.98 Å². The van der Waals surface area contributed by atoms with Crippen LogP contribution in [0.25, 0.3) is 15.9 Å². The minimum Gasteiger partial charge on any atom is -0.478 e. The fraction of sp³-hybridized carbons (Fsp3) is 0.433. The third-order valence-electron chi connectivity index (χ3n) is 8.51. The van der Waals surface area contributed by atoms with E-state index in [2.05, 4.69) is 9.88 Å². The van der Waals surface area contributed by atoms with Gasteiger partial charge in [-0.2, -0.15) is 13.2 Å².